The van der Waals surface area contributed by atoms with Crippen molar-refractivity contribution in [3.8, 4) is 6.07 Å². The molecule has 0 unspecified atom stereocenters. The highest BCUT2D eigenvalue weighted by Crippen LogP contribution is 2.17. The third-order valence-electron chi connectivity index (χ3n) is 4.66. The van der Waals surface area contributed by atoms with Crippen LogP contribution in [0.25, 0.3) is 0 Å². The van der Waals surface area contributed by atoms with E-state index in [1.807, 2.05) is 18.7 Å². The Labute approximate surface area is 158 Å². The standard InChI is InChI=1S/C18H22N8O/c1-13-14(2)23-24-17(15(13)12-19)20-7-4-16(27)25-8-10-26(11-9-25)18-21-5-3-6-22-18/h3,5-6H,4,7-11H2,1-2H3,(H,20,24). The summed E-state index contributed by atoms with van der Waals surface area (Å²) >= 11 is 0. The molecule has 140 valence electrons. The molecule has 1 aliphatic heterocycles. The van der Waals surface area contributed by atoms with Gasteiger partial charge in [0.05, 0.1) is 5.69 Å². The molecule has 0 aliphatic carbocycles. The van der Waals surface area contributed by atoms with Gasteiger partial charge in [0.2, 0.25) is 11.9 Å². The lowest BCUT2D eigenvalue weighted by Gasteiger charge is -2.34. The first-order chi connectivity index (χ1) is 13.1. The largest absolute Gasteiger partial charge is 0.367 e. The highest BCUT2D eigenvalue weighted by Gasteiger charge is 2.22. The minimum absolute atomic E-state index is 0.0754. The Morgan fingerprint density at radius 2 is 1.89 bits per heavy atom. The summed E-state index contributed by atoms with van der Waals surface area (Å²) in [6.45, 7) is 6.78. The van der Waals surface area contributed by atoms with Gasteiger partial charge in [-0.1, -0.05) is 0 Å². The maximum atomic E-state index is 12.4. The number of aryl methyl sites for hydroxylation is 1. The fraction of sp³-hybridized carbons (Fsp3) is 0.444. The van der Waals surface area contributed by atoms with Crippen molar-refractivity contribution in [1.82, 2.24) is 25.1 Å². The van der Waals surface area contributed by atoms with E-state index in [9.17, 15) is 10.1 Å². The van der Waals surface area contributed by atoms with E-state index in [2.05, 4.69) is 36.5 Å². The van der Waals surface area contributed by atoms with Crippen LogP contribution in [0.15, 0.2) is 18.5 Å². The van der Waals surface area contributed by atoms with Crippen molar-refractivity contribution in [3.63, 3.8) is 0 Å². The van der Waals surface area contributed by atoms with Crippen LogP contribution in [0, 0.1) is 25.2 Å². The van der Waals surface area contributed by atoms with E-state index in [1.54, 1.807) is 18.5 Å². The van der Waals surface area contributed by atoms with Gasteiger partial charge in [-0.25, -0.2) is 9.97 Å². The van der Waals surface area contributed by atoms with Crippen LogP contribution in [0.1, 0.15) is 23.2 Å². The molecule has 9 nitrogen and oxygen atoms in total. The van der Waals surface area contributed by atoms with Crippen LogP contribution in [0.3, 0.4) is 0 Å². The highest BCUT2D eigenvalue weighted by molar-refractivity contribution is 5.77. The van der Waals surface area contributed by atoms with Crippen LogP contribution >= 0.6 is 0 Å². The summed E-state index contributed by atoms with van der Waals surface area (Å²) in [5, 5.41) is 20.4. The first-order valence-corrected chi connectivity index (χ1v) is 8.87. The molecule has 2 aromatic heterocycles. The molecule has 0 bridgehead atoms. The number of nitrogens with one attached hydrogen (secondary N) is 1. The topological polar surface area (TPSA) is 111 Å². The van der Waals surface area contributed by atoms with Gasteiger partial charge in [0.15, 0.2) is 5.82 Å². The molecule has 3 rings (SSSR count). The number of aromatic nitrogens is 4. The molecular formula is C18H22N8O. The smallest absolute Gasteiger partial charge is 0.225 e. The maximum Gasteiger partial charge on any atom is 0.225 e. The summed E-state index contributed by atoms with van der Waals surface area (Å²) in [4.78, 5) is 24.9. The summed E-state index contributed by atoms with van der Waals surface area (Å²) in [5.74, 6) is 1.20. The summed E-state index contributed by atoms with van der Waals surface area (Å²) in [5.41, 5.74) is 2.01. The number of nitriles is 1. The number of hydrogen-bond acceptors (Lipinski definition) is 8. The van der Waals surface area contributed by atoms with Gasteiger partial charge in [0, 0.05) is 51.5 Å². The van der Waals surface area contributed by atoms with Crippen molar-refractivity contribution in [2.75, 3.05) is 42.9 Å². The van der Waals surface area contributed by atoms with Gasteiger partial charge in [-0.3, -0.25) is 4.79 Å². The van der Waals surface area contributed by atoms with Gasteiger partial charge < -0.3 is 15.1 Å². The second-order valence-electron chi connectivity index (χ2n) is 6.34. The molecule has 1 fully saturated rings. The zero-order valence-electron chi connectivity index (χ0n) is 15.5. The molecule has 0 radical (unpaired) electrons. The Hall–Kier alpha value is -3.28. The number of piperazine rings is 1. The Balaban J connectivity index is 1.48. The average molecular weight is 366 g/mol. The fourth-order valence-electron chi connectivity index (χ4n) is 2.93. The normalized spacial score (nSPS) is 14.0. The van der Waals surface area contributed by atoms with Crippen molar-refractivity contribution in [2.24, 2.45) is 0 Å². The zero-order chi connectivity index (χ0) is 19.2. The van der Waals surface area contributed by atoms with Crippen molar-refractivity contribution in [2.45, 2.75) is 20.3 Å². The van der Waals surface area contributed by atoms with Gasteiger partial charge in [0.25, 0.3) is 0 Å². The summed E-state index contributed by atoms with van der Waals surface area (Å²) < 4.78 is 0. The van der Waals surface area contributed by atoms with Gasteiger partial charge in [0.1, 0.15) is 11.6 Å². The lowest BCUT2D eigenvalue weighted by Crippen LogP contribution is -2.49. The van der Waals surface area contributed by atoms with Gasteiger partial charge in [-0.05, 0) is 25.5 Å². The number of anilines is 2. The molecule has 9 heteroatoms. The van der Waals surface area contributed by atoms with Crippen molar-refractivity contribution >= 4 is 17.7 Å². The second kappa shape index (κ2) is 8.40. The number of rotatable bonds is 5. The molecule has 0 aromatic carbocycles. The van der Waals surface area contributed by atoms with E-state index in [-0.39, 0.29) is 5.91 Å². The average Bonchev–Trinajstić information content (AvgIpc) is 2.71. The number of carbonyl (C=O) groups excluding carboxylic acids is 1. The predicted molar refractivity (Wildman–Crippen MR) is 100 cm³/mol. The van der Waals surface area contributed by atoms with E-state index in [1.165, 1.54) is 0 Å². The third kappa shape index (κ3) is 4.28. The Morgan fingerprint density at radius 1 is 1.19 bits per heavy atom. The minimum atomic E-state index is 0.0754. The molecule has 1 aliphatic rings. The van der Waals surface area contributed by atoms with E-state index in [0.29, 0.717) is 56.5 Å². The van der Waals surface area contributed by atoms with Crippen LogP contribution in [0.2, 0.25) is 0 Å². The van der Waals surface area contributed by atoms with Crippen LogP contribution in [-0.4, -0.2) is 63.7 Å². The SMILES string of the molecule is Cc1nnc(NCCC(=O)N2CCN(c3ncccn3)CC2)c(C#N)c1C. The minimum Gasteiger partial charge on any atom is -0.367 e. The van der Waals surface area contributed by atoms with Crippen molar-refractivity contribution in [3.05, 3.63) is 35.3 Å². The first kappa shape index (κ1) is 18.5. The number of amides is 1. The van der Waals surface area contributed by atoms with Crippen LogP contribution in [0.5, 0.6) is 0 Å². The molecular weight excluding hydrogens is 344 g/mol. The zero-order valence-corrected chi connectivity index (χ0v) is 15.5. The van der Waals surface area contributed by atoms with Gasteiger partial charge >= 0.3 is 0 Å². The highest BCUT2D eigenvalue weighted by atomic mass is 16.2. The maximum absolute atomic E-state index is 12.4. The molecule has 2 aromatic rings. The Morgan fingerprint density at radius 3 is 2.56 bits per heavy atom. The van der Waals surface area contributed by atoms with E-state index in [0.717, 1.165) is 11.3 Å². The molecule has 1 saturated heterocycles. The molecule has 0 spiro atoms. The molecule has 0 atom stereocenters. The Kier molecular flexibility index (Phi) is 5.76. The summed E-state index contributed by atoms with van der Waals surface area (Å²) in [6.07, 6.45) is 3.77. The van der Waals surface area contributed by atoms with E-state index < -0.39 is 0 Å². The van der Waals surface area contributed by atoms with Crippen LogP contribution in [-0.2, 0) is 4.79 Å². The Bertz CT molecular complexity index is 840. The number of hydrogen-bond donors (Lipinski definition) is 1. The third-order valence-corrected chi connectivity index (χ3v) is 4.66. The van der Waals surface area contributed by atoms with Gasteiger partial charge in [-0.2, -0.15) is 10.4 Å². The predicted octanol–water partition coefficient (Wildman–Crippen LogP) is 0.906. The lowest BCUT2D eigenvalue weighted by molar-refractivity contribution is -0.131. The fourth-order valence-corrected chi connectivity index (χ4v) is 2.93. The monoisotopic (exact) mass is 366 g/mol. The lowest BCUT2D eigenvalue weighted by atomic mass is 10.1. The number of nitrogens with zero attached hydrogens (tertiary/aromatic N) is 7. The van der Waals surface area contributed by atoms with Crippen molar-refractivity contribution < 1.29 is 4.79 Å². The second-order valence-corrected chi connectivity index (χ2v) is 6.34. The van der Waals surface area contributed by atoms with E-state index in [4.69, 9.17) is 0 Å². The molecule has 1 amide bonds. The molecule has 27 heavy (non-hydrogen) atoms. The van der Waals surface area contributed by atoms with E-state index >= 15 is 0 Å². The van der Waals surface area contributed by atoms with Gasteiger partial charge in [-0.15, -0.1) is 5.10 Å². The molecule has 1 N–H and O–H groups in total. The summed E-state index contributed by atoms with van der Waals surface area (Å²) in [6, 6.07) is 3.93. The van der Waals surface area contributed by atoms with Crippen LogP contribution in [0.4, 0.5) is 11.8 Å². The van der Waals surface area contributed by atoms with Crippen molar-refractivity contribution in [1.29, 1.82) is 5.26 Å². The molecule has 3 heterocycles. The number of carbonyl (C=O) groups is 1. The van der Waals surface area contributed by atoms with Crippen LogP contribution < -0.4 is 10.2 Å². The quantitative estimate of drug-likeness (QED) is 0.831. The first-order valence-electron chi connectivity index (χ1n) is 8.87. The summed E-state index contributed by atoms with van der Waals surface area (Å²) in [7, 11) is 0. The molecule has 0 saturated carbocycles.